The highest BCUT2D eigenvalue weighted by atomic mass is 15.0. The predicted octanol–water partition coefficient (Wildman–Crippen LogP) is 12.2. The van der Waals surface area contributed by atoms with Crippen LogP contribution in [0, 0.1) is 0 Å². The Morgan fingerprint density at radius 3 is 1.31 bits per heavy atom. The molecule has 0 aliphatic heterocycles. The average Bonchev–Trinajstić information content (AvgIpc) is 3.66. The van der Waals surface area contributed by atoms with Crippen molar-refractivity contribution in [2.45, 2.75) is 43.9 Å². The Morgan fingerprint density at radius 2 is 0.691 bits per heavy atom. The molecule has 0 saturated heterocycles. The lowest BCUT2D eigenvalue weighted by molar-refractivity contribution is 0.563. The second kappa shape index (κ2) is 11.3. The third-order valence-electron chi connectivity index (χ3n) is 12.8. The maximum atomic E-state index is 5.30. The minimum absolute atomic E-state index is 0.131. The first kappa shape index (κ1) is 32.0. The molecule has 262 valence electrons. The minimum Gasteiger partial charge on any atom is -0.208 e. The number of hydrogen-bond acceptors (Lipinski definition) is 3. The van der Waals surface area contributed by atoms with E-state index in [1.807, 2.05) is 18.2 Å². The molecule has 0 unspecified atom stereocenters. The fraction of sp³-hybridized carbons (Fsp3) is 0.135. The summed E-state index contributed by atoms with van der Waals surface area (Å²) in [5.41, 5.74) is 17.9. The van der Waals surface area contributed by atoms with E-state index in [0.717, 1.165) is 16.7 Å². The van der Waals surface area contributed by atoms with Gasteiger partial charge in [0.15, 0.2) is 17.5 Å². The lowest BCUT2D eigenvalue weighted by atomic mass is 9.55. The van der Waals surface area contributed by atoms with Crippen LogP contribution < -0.4 is 0 Å². The summed E-state index contributed by atoms with van der Waals surface area (Å²) in [7, 11) is 0. The SMILES string of the molecule is CC1(C)c2ccccc2-c2ccc(-c3nc(-c4ccccc4)nc(-c4ccc5c(c4)C(C)(C)c4ccccc4C54c5ccccc5-c5ccccc54)n3)cc21. The van der Waals surface area contributed by atoms with E-state index in [1.165, 1.54) is 66.8 Å². The van der Waals surface area contributed by atoms with Gasteiger partial charge in [-0.2, -0.15) is 0 Å². The zero-order valence-electron chi connectivity index (χ0n) is 31.4. The Bertz CT molecular complexity index is 2840. The summed E-state index contributed by atoms with van der Waals surface area (Å²) < 4.78 is 0. The van der Waals surface area contributed by atoms with E-state index < -0.39 is 5.41 Å². The summed E-state index contributed by atoms with van der Waals surface area (Å²) in [6, 6.07) is 59.8. The van der Waals surface area contributed by atoms with E-state index in [0.29, 0.717) is 17.5 Å². The molecule has 0 bridgehead atoms. The van der Waals surface area contributed by atoms with Gasteiger partial charge in [-0.1, -0.05) is 179 Å². The lowest BCUT2D eigenvalue weighted by Crippen LogP contribution is -2.40. The summed E-state index contributed by atoms with van der Waals surface area (Å²) in [5.74, 6) is 2.02. The van der Waals surface area contributed by atoms with Gasteiger partial charge in [0.1, 0.15) is 0 Å². The first-order valence-corrected chi connectivity index (χ1v) is 19.3. The number of hydrogen-bond donors (Lipinski definition) is 0. The molecule has 11 rings (SSSR count). The van der Waals surface area contributed by atoms with Gasteiger partial charge in [0, 0.05) is 27.5 Å². The molecule has 0 atom stereocenters. The van der Waals surface area contributed by atoms with E-state index in [9.17, 15) is 0 Å². The first-order valence-electron chi connectivity index (χ1n) is 19.3. The fourth-order valence-corrected chi connectivity index (χ4v) is 10.2. The van der Waals surface area contributed by atoms with Gasteiger partial charge in [0.2, 0.25) is 0 Å². The van der Waals surface area contributed by atoms with Crippen LogP contribution >= 0.6 is 0 Å². The van der Waals surface area contributed by atoms with Crippen LogP contribution in [-0.2, 0) is 16.2 Å². The molecular formula is C52H39N3. The van der Waals surface area contributed by atoms with Crippen LogP contribution in [0.4, 0.5) is 0 Å². The molecule has 0 amide bonds. The fourth-order valence-electron chi connectivity index (χ4n) is 10.2. The normalized spacial score (nSPS) is 15.7. The number of nitrogens with zero attached hydrogens (tertiary/aromatic N) is 3. The lowest BCUT2D eigenvalue weighted by Gasteiger charge is -2.46. The van der Waals surface area contributed by atoms with Crippen LogP contribution in [0.25, 0.3) is 56.4 Å². The molecular weight excluding hydrogens is 667 g/mol. The molecule has 0 saturated carbocycles. The van der Waals surface area contributed by atoms with E-state index in [-0.39, 0.29) is 10.8 Å². The summed E-state index contributed by atoms with van der Waals surface area (Å²) in [4.78, 5) is 15.7. The monoisotopic (exact) mass is 705 g/mol. The Balaban J connectivity index is 1.14. The summed E-state index contributed by atoms with van der Waals surface area (Å²) in [5, 5.41) is 0. The van der Waals surface area contributed by atoms with Crippen molar-refractivity contribution in [1.29, 1.82) is 0 Å². The highest BCUT2D eigenvalue weighted by molar-refractivity contribution is 5.89. The number of rotatable bonds is 3. The Labute approximate surface area is 322 Å². The standard InChI is InChI=1S/C52H39N3/c1-50(2)39-21-11-8-18-35(39)38-28-26-33(30-45(38)50)48-53-47(32-16-6-5-7-17-32)54-49(55-48)34-27-29-44-46(31-34)51(3,4)42-24-14-15-25-43(42)52(44)40-22-12-9-19-36(40)37-20-10-13-23-41(37)52/h5-31H,1-4H3. The van der Waals surface area contributed by atoms with Gasteiger partial charge in [-0.3, -0.25) is 0 Å². The maximum absolute atomic E-state index is 5.30. The third kappa shape index (κ3) is 4.30. The second-order valence-corrected chi connectivity index (χ2v) is 16.4. The van der Waals surface area contributed by atoms with Crippen LogP contribution in [0.5, 0.6) is 0 Å². The quantitative estimate of drug-likeness (QED) is 0.184. The van der Waals surface area contributed by atoms with Crippen molar-refractivity contribution in [3.8, 4) is 56.4 Å². The average molecular weight is 706 g/mol. The predicted molar refractivity (Wildman–Crippen MR) is 223 cm³/mol. The third-order valence-corrected chi connectivity index (χ3v) is 12.8. The zero-order chi connectivity index (χ0) is 37.1. The summed E-state index contributed by atoms with van der Waals surface area (Å²) in [6.45, 7) is 9.37. The van der Waals surface area contributed by atoms with Crippen molar-refractivity contribution in [1.82, 2.24) is 15.0 Å². The number of aromatic nitrogens is 3. The van der Waals surface area contributed by atoms with Crippen molar-refractivity contribution in [2.75, 3.05) is 0 Å². The van der Waals surface area contributed by atoms with Gasteiger partial charge in [0.25, 0.3) is 0 Å². The topological polar surface area (TPSA) is 38.7 Å². The van der Waals surface area contributed by atoms with E-state index in [4.69, 9.17) is 15.0 Å². The molecule has 8 aromatic rings. The molecule has 3 aliphatic carbocycles. The Morgan fingerprint density at radius 1 is 0.291 bits per heavy atom. The molecule has 0 N–H and O–H groups in total. The molecule has 7 aromatic carbocycles. The Hall–Kier alpha value is -6.45. The molecule has 1 aromatic heterocycles. The molecule has 0 radical (unpaired) electrons. The zero-order valence-corrected chi connectivity index (χ0v) is 31.4. The molecule has 3 nitrogen and oxygen atoms in total. The van der Waals surface area contributed by atoms with Gasteiger partial charge in [0.05, 0.1) is 5.41 Å². The Kier molecular flexibility index (Phi) is 6.57. The smallest absolute Gasteiger partial charge is 0.164 e. The van der Waals surface area contributed by atoms with Gasteiger partial charge in [-0.05, 0) is 78.9 Å². The van der Waals surface area contributed by atoms with Crippen LogP contribution in [0.15, 0.2) is 164 Å². The van der Waals surface area contributed by atoms with Crippen LogP contribution in [0.2, 0.25) is 0 Å². The highest BCUT2D eigenvalue weighted by Crippen LogP contribution is 2.62. The maximum Gasteiger partial charge on any atom is 0.164 e. The molecule has 1 heterocycles. The molecule has 0 fully saturated rings. The van der Waals surface area contributed by atoms with Crippen molar-refractivity contribution < 1.29 is 0 Å². The van der Waals surface area contributed by atoms with Gasteiger partial charge < -0.3 is 0 Å². The van der Waals surface area contributed by atoms with E-state index in [1.54, 1.807) is 0 Å². The largest absolute Gasteiger partial charge is 0.208 e. The number of fused-ring (bicyclic) bond motifs is 12. The van der Waals surface area contributed by atoms with Crippen LogP contribution in [0.3, 0.4) is 0 Å². The van der Waals surface area contributed by atoms with Gasteiger partial charge in [-0.15, -0.1) is 0 Å². The molecule has 55 heavy (non-hydrogen) atoms. The van der Waals surface area contributed by atoms with Gasteiger partial charge >= 0.3 is 0 Å². The minimum atomic E-state index is -0.443. The van der Waals surface area contributed by atoms with Crippen LogP contribution in [-0.4, -0.2) is 15.0 Å². The molecule has 1 spiro atoms. The van der Waals surface area contributed by atoms with E-state index in [2.05, 4.69) is 173 Å². The summed E-state index contributed by atoms with van der Waals surface area (Å²) in [6.07, 6.45) is 0. The summed E-state index contributed by atoms with van der Waals surface area (Å²) >= 11 is 0. The first-order chi connectivity index (χ1) is 26.8. The van der Waals surface area contributed by atoms with Gasteiger partial charge in [-0.25, -0.2) is 15.0 Å². The van der Waals surface area contributed by atoms with Crippen molar-refractivity contribution >= 4 is 0 Å². The van der Waals surface area contributed by atoms with Crippen molar-refractivity contribution in [2.24, 2.45) is 0 Å². The molecule has 3 aliphatic rings. The van der Waals surface area contributed by atoms with Crippen molar-refractivity contribution in [3.63, 3.8) is 0 Å². The van der Waals surface area contributed by atoms with Crippen molar-refractivity contribution in [3.05, 3.63) is 208 Å². The number of benzene rings is 7. The second-order valence-electron chi connectivity index (χ2n) is 16.4. The molecule has 3 heteroatoms. The highest BCUT2D eigenvalue weighted by Gasteiger charge is 2.53. The van der Waals surface area contributed by atoms with Crippen LogP contribution in [0.1, 0.15) is 72.2 Å². The van der Waals surface area contributed by atoms with E-state index >= 15 is 0 Å².